The van der Waals surface area contributed by atoms with E-state index < -0.39 is 97.5 Å². The van der Waals surface area contributed by atoms with Gasteiger partial charge in [-0.1, -0.05) is 356 Å². The Hall–Kier alpha value is -1.94. The Kier molecular flexibility index (Phi) is 68.4. The van der Waals surface area contributed by atoms with E-state index in [0.29, 0.717) is 25.7 Å². The first-order valence-corrected chi connectivity index (χ1v) is 43.5. The molecular weight excluding hydrogens is 1270 g/mol. The van der Waals surface area contributed by atoms with Gasteiger partial charge in [-0.25, -0.2) is 9.13 Å². The molecule has 0 aliphatic rings. The van der Waals surface area contributed by atoms with Gasteiger partial charge in [0.15, 0.2) is 12.2 Å². The summed E-state index contributed by atoms with van der Waals surface area (Å²) in [6.45, 7) is 9.57. The number of hydrogen-bond donors (Lipinski definition) is 3. The van der Waals surface area contributed by atoms with Crippen LogP contribution in [-0.2, 0) is 65.4 Å². The van der Waals surface area contributed by atoms with Gasteiger partial charge >= 0.3 is 39.5 Å². The summed E-state index contributed by atoms with van der Waals surface area (Å²) in [7, 11) is -9.91. The molecule has 3 N–H and O–H groups in total. The summed E-state index contributed by atoms with van der Waals surface area (Å²) in [4.78, 5) is 72.9. The maximum absolute atomic E-state index is 13.1. The Balaban J connectivity index is 5.21. The third-order valence-corrected chi connectivity index (χ3v) is 20.1. The maximum Gasteiger partial charge on any atom is 0.472 e. The predicted molar refractivity (Wildman–Crippen MR) is 395 cm³/mol. The lowest BCUT2D eigenvalue weighted by Crippen LogP contribution is -2.30. The van der Waals surface area contributed by atoms with Crippen LogP contribution in [-0.4, -0.2) is 96.7 Å². The molecule has 17 nitrogen and oxygen atoms in total. The number of ether oxygens (including phenoxy) is 4. The molecule has 0 bridgehead atoms. The zero-order chi connectivity index (χ0) is 71.4. The number of rotatable bonds is 77. The lowest BCUT2D eigenvalue weighted by molar-refractivity contribution is -0.161. The Morgan fingerprint density at radius 3 is 0.701 bits per heavy atom. The van der Waals surface area contributed by atoms with Crippen LogP contribution in [0.1, 0.15) is 408 Å². The van der Waals surface area contributed by atoms with E-state index in [-0.39, 0.29) is 25.7 Å². The van der Waals surface area contributed by atoms with E-state index in [9.17, 15) is 43.2 Å². The van der Waals surface area contributed by atoms with Gasteiger partial charge in [0.2, 0.25) is 0 Å². The molecule has 0 spiro atoms. The van der Waals surface area contributed by atoms with Crippen LogP contribution in [0.4, 0.5) is 0 Å². The van der Waals surface area contributed by atoms with Crippen molar-refractivity contribution in [3.63, 3.8) is 0 Å². The summed E-state index contributed by atoms with van der Waals surface area (Å²) in [5, 5.41) is 10.6. The molecule has 0 aliphatic heterocycles. The molecule has 0 heterocycles. The molecule has 0 rings (SSSR count). The summed E-state index contributed by atoms with van der Waals surface area (Å²) in [5.74, 6) is -0.629. The van der Waals surface area contributed by atoms with E-state index in [2.05, 4.69) is 41.5 Å². The molecule has 0 fully saturated rings. The fourth-order valence-corrected chi connectivity index (χ4v) is 13.6. The van der Waals surface area contributed by atoms with Crippen molar-refractivity contribution in [3.8, 4) is 0 Å². The van der Waals surface area contributed by atoms with Crippen molar-refractivity contribution >= 4 is 39.5 Å². The van der Waals surface area contributed by atoms with Crippen molar-refractivity contribution in [1.82, 2.24) is 0 Å². The number of aliphatic hydroxyl groups excluding tert-OH is 1. The van der Waals surface area contributed by atoms with Gasteiger partial charge < -0.3 is 33.8 Å². The second-order valence-electron chi connectivity index (χ2n) is 29.1. The van der Waals surface area contributed by atoms with E-state index >= 15 is 0 Å². The van der Waals surface area contributed by atoms with Crippen LogP contribution in [0.15, 0.2) is 0 Å². The number of unbranched alkanes of at least 4 members (excludes halogenated alkanes) is 47. The normalized spacial score (nSPS) is 14.0. The highest BCUT2D eigenvalue weighted by atomic mass is 31.2. The molecule has 2 unspecified atom stereocenters. The van der Waals surface area contributed by atoms with E-state index in [1.165, 1.54) is 225 Å². The fraction of sp³-hybridized carbons (Fsp3) is 0.949. The zero-order valence-electron chi connectivity index (χ0n) is 63.4. The van der Waals surface area contributed by atoms with Crippen LogP contribution in [0, 0.1) is 11.8 Å². The molecule has 0 radical (unpaired) electrons. The summed E-state index contributed by atoms with van der Waals surface area (Å²) >= 11 is 0. The zero-order valence-corrected chi connectivity index (χ0v) is 65.2. The summed E-state index contributed by atoms with van der Waals surface area (Å²) in [5.41, 5.74) is 0. The first kappa shape index (κ1) is 95.1. The lowest BCUT2D eigenvalue weighted by Gasteiger charge is -2.21. The lowest BCUT2D eigenvalue weighted by atomic mass is 10.0. The molecule has 0 aromatic rings. The van der Waals surface area contributed by atoms with E-state index in [1.807, 2.05) is 0 Å². The third kappa shape index (κ3) is 72.2. The van der Waals surface area contributed by atoms with Gasteiger partial charge in [0, 0.05) is 25.7 Å². The molecule has 0 saturated carbocycles. The smallest absolute Gasteiger partial charge is 0.462 e. The van der Waals surface area contributed by atoms with E-state index in [0.717, 1.165) is 102 Å². The Bertz CT molecular complexity index is 1870. The minimum atomic E-state index is -4.96. The number of phosphoric acid groups is 2. The van der Waals surface area contributed by atoms with Crippen molar-refractivity contribution in [2.75, 3.05) is 39.6 Å². The van der Waals surface area contributed by atoms with Gasteiger partial charge in [-0.3, -0.25) is 37.3 Å². The van der Waals surface area contributed by atoms with Crippen LogP contribution < -0.4 is 0 Å². The predicted octanol–water partition coefficient (Wildman–Crippen LogP) is 23.1. The standard InChI is InChI=1S/C78H152O17P2/c1-7-9-11-13-15-17-19-21-22-23-24-25-26-27-28-29-31-37-45-51-57-63-78(83)94-73(66-88-75(80)60-54-48-42-35-33-32-34-40-46-52-58-70(3)4)68-92-96(84,85)90-64-72(79)65-91-97(86,87)93-69-74(67-89-76(81)61-55-49-43-39-38-41-47-53-59-71(5)6)95-77(82)62-56-50-44-36-30-20-18-16-14-12-10-8-2/h70-74,79H,7-69H2,1-6H3,(H,84,85)(H,86,87)/t72-,73-,74-/m1/s1. The fourth-order valence-electron chi connectivity index (χ4n) is 12.0. The van der Waals surface area contributed by atoms with Crippen molar-refractivity contribution in [2.45, 2.75) is 426 Å². The topological polar surface area (TPSA) is 237 Å². The average molecular weight is 1420 g/mol. The van der Waals surface area contributed by atoms with Crippen LogP contribution in [0.5, 0.6) is 0 Å². The average Bonchev–Trinajstić information content (AvgIpc) is 1.27. The van der Waals surface area contributed by atoms with Crippen LogP contribution >= 0.6 is 15.6 Å². The molecule has 0 aliphatic carbocycles. The third-order valence-electron chi connectivity index (χ3n) is 18.2. The second-order valence-corrected chi connectivity index (χ2v) is 32.0. The van der Waals surface area contributed by atoms with Gasteiger partial charge in [-0.15, -0.1) is 0 Å². The maximum atomic E-state index is 13.1. The highest BCUT2D eigenvalue weighted by Gasteiger charge is 2.30. The SMILES string of the molecule is CCCCCCCCCCCCCCCCCCCCCCCC(=O)O[C@H](COC(=O)CCCCCCCCCCCCC(C)C)COP(=O)(O)OC[C@@H](O)COP(=O)(O)OC[C@@H](COC(=O)CCCCCCCCCCC(C)C)OC(=O)CCCCCCCCCCCCCC. The minimum absolute atomic E-state index is 0.107. The number of hydrogen-bond acceptors (Lipinski definition) is 15. The van der Waals surface area contributed by atoms with Gasteiger partial charge in [-0.2, -0.15) is 0 Å². The quantitative estimate of drug-likeness (QED) is 0.0222. The molecule has 0 aromatic heterocycles. The number of aliphatic hydroxyl groups is 1. The second kappa shape index (κ2) is 69.8. The summed E-state index contributed by atoms with van der Waals surface area (Å²) in [6, 6.07) is 0. The Morgan fingerprint density at radius 2 is 0.474 bits per heavy atom. The summed E-state index contributed by atoms with van der Waals surface area (Å²) in [6.07, 6.45) is 58.4. The number of carbonyl (C=O) groups excluding carboxylic acids is 4. The van der Waals surface area contributed by atoms with Crippen molar-refractivity contribution in [2.24, 2.45) is 11.8 Å². The highest BCUT2D eigenvalue weighted by molar-refractivity contribution is 7.47. The van der Waals surface area contributed by atoms with Crippen molar-refractivity contribution in [1.29, 1.82) is 0 Å². The molecule has 576 valence electrons. The van der Waals surface area contributed by atoms with Crippen LogP contribution in [0.3, 0.4) is 0 Å². The Morgan fingerprint density at radius 1 is 0.278 bits per heavy atom. The molecule has 0 amide bonds. The minimum Gasteiger partial charge on any atom is -0.462 e. The van der Waals surface area contributed by atoms with E-state index in [4.69, 9.17) is 37.0 Å². The number of carbonyl (C=O) groups is 4. The number of phosphoric ester groups is 2. The molecule has 0 aromatic carbocycles. The highest BCUT2D eigenvalue weighted by Crippen LogP contribution is 2.45. The Labute approximate surface area is 594 Å². The van der Waals surface area contributed by atoms with Gasteiger partial charge in [0.1, 0.15) is 19.3 Å². The van der Waals surface area contributed by atoms with Crippen LogP contribution in [0.25, 0.3) is 0 Å². The molecular formula is C78H152O17P2. The van der Waals surface area contributed by atoms with Gasteiger partial charge in [0.25, 0.3) is 0 Å². The molecule has 0 saturated heterocycles. The largest absolute Gasteiger partial charge is 0.472 e. The van der Waals surface area contributed by atoms with Crippen molar-refractivity contribution in [3.05, 3.63) is 0 Å². The van der Waals surface area contributed by atoms with Gasteiger partial charge in [-0.05, 0) is 37.5 Å². The van der Waals surface area contributed by atoms with Crippen LogP contribution in [0.2, 0.25) is 0 Å². The number of esters is 4. The molecule has 5 atom stereocenters. The summed E-state index contributed by atoms with van der Waals surface area (Å²) < 4.78 is 68.6. The van der Waals surface area contributed by atoms with E-state index in [1.54, 1.807) is 0 Å². The first-order valence-electron chi connectivity index (χ1n) is 40.5. The molecule has 97 heavy (non-hydrogen) atoms. The first-order chi connectivity index (χ1) is 46.9. The van der Waals surface area contributed by atoms with Crippen molar-refractivity contribution < 1.29 is 80.2 Å². The monoisotopic (exact) mass is 1420 g/mol. The van der Waals surface area contributed by atoms with Gasteiger partial charge in [0.05, 0.1) is 26.4 Å². The molecule has 19 heteroatoms.